The number of hydrogen-bond acceptors (Lipinski definition) is 5. The van der Waals surface area contributed by atoms with Crippen molar-refractivity contribution in [3.63, 3.8) is 0 Å². The van der Waals surface area contributed by atoms with Crippen LogP contribution in [0.15, 0.2) is 59.8 Å². The molecule has 144 valence electrons. The summed E-state index contributed by atoms with van der Waals surface area (Å²) < 4.78 is 1.85. The number of thioether (sulfide) groups is 1. The summed E-state index contributed by atoms with van der Waals surface area (Å²) in [6, 6.07) is 16.7. The fraction of sp³-hybridized carbons (Fsp3) is 0.200. The molecule has 7 nitrogen and oxygen atoms in total. The molecule has 8 heteroatoms. The molecule has 28 heavy (non-hydrogen) atoms. The van der Waals surface area contributed by atoms with E-state index in [1.165, 1.54) is 18.8 Å². The number of aryl methyl sites for hydroxylation is 1. The molecule has 2 aromatic carbocycles. The maximum Gasteiger partial charge on any atom is 0.321 e. The molecule has 0 aliphatic heterocycles. The Morgan fingerprint density at radius 3 is 2.50 bits per heavy atom. The maximum atomic E-state index is 12.7. The van der Waals surface area contributed by atoms with Crippen molar-refractivity contribution in [1.82, 2.24) is 25.4 Å². The number of benzene rings is 2. The van der Waals surface area contributed by atoms with Gasteiger partial charge in [-0.1, -0.05) is 65.9 Å². The van der Waals surface area contributed by atoms with E-state index in [1.807, 2.05) is 73.1 Å². The van der Waals surface area contributed by atoms with E-state index in [0.717, 1.165) is 16.7 Å². The SMILES string of the molecule is CNC(=O)NC(=O)[C@H](Sc1nnc(-c2cccc(C)c2)n1C)c1ccccc1. The zero-order valence-electron chi connectivity index (χ0n) is 15.8. The van der Waals surface area contributed by atoms with Crippen LogP contribution in [0.4, 0.5) is 4.79 Å². The van der Waals surface area contributed by atoms with E-state index >= 15 is 0 Å². The molecule has 0 aliphatic rings. The Kier molecular flexibility index (Phi) is 6.10. The normalized spacial score (nSPS) is 11.7. The van der Waals surface area contributed by atoms with Crippen molar-refractivity contribution in [1.29, 1.82) is 0 Å². The van der Waals surface area contributed by atoms with Crippen LogP contribution in [0, 0.1) is 6.92 Å². The van der Waals surface area contributed by atoms with Gasteiger partial charge in [0.05, 0.1) is 0 Å². The van der Waals surface area contributed by atoms with E-state index in [4.69, 9.17) is 0 Å². The highest BCUT2D eigenvalue weighted by molar-refractivity contribution is 8.00. The van der Waals surface area contributed by atoms with Gasteiger partial charge in [-0.3, -0.25) is 10.1 Å². The molecule has 1 heterocycles. The minimum atomic E-state index is -0.647. The van der Waals surface area contributed by atoms with Crippen molar-refractivity contribution in [2.75, 3.05) is 7.05 Å². The number of carbonyl (C=O) groups is 2. The number of rotatable bonds is 5. The lowest BCUT2D eigenvalue weighted by Gasteiger charge is -2.16. The van der Waals surface area contributed by atoms with Crippen molar-refractivity contribution in [3.8, 4) is 11.4 Å². The highest BCUT2D eigenvalue weighted by atomic mass is 32.2. The zero-order chi connectivity index (χ0) is 20.1. The number of imide groups is 1. The Morgan fingerprint density at radius 2 is 1.82 bits per heavy atom. The minimum absolute atomic E-state index is 0.421. The topological polar surface area (TPSA) is 88.9 Å². The van der Waals surface area contributed by atoms with Crippen molar-refractivity contribution in [3.05, 3.63) is 65.7 Å². The monoisotopic (exact) mass is 395 g/mol. The third-order valence-corrected chi connectivity index (χ3v) is 5.43. The maximum absolute atomic E-state index is 12.7. The standard InChI is InChI=1S/C20H21N5O2S/c1-13-8-7-11-15(12-13)17-23-24-20(25(17)3)28-16(14-9-5-4-6-10-14)18(26)22-19(27)21-2/h4-12,16H,1-3H3,(H2,21,22,26,27)/t16-/m1/s1. The van der Waals surface area contributed by atoms with Gasteiger partial charge in [-0.15, -0.1) is 10.2 Å². The van der Waals surface area contributed by atoms with E-state index in [9.17, 15) is 9.59 Å². The predicted molar refractivity (Wildman–Crippen MR) is 109 cm³/mol. The van der Waals surface area contributed by atoms with Crippen LogP contribution < -0.4 is 10.6 Å². The first-order chi connectivity index (χ1) is 13.5. The van der Waals surface area contributed by atoms with Gasteiger partial charge in [0.15, 0.2) is 11.0 Å². The third kappa shape index (κ3) is 4.40. The average molecular weight is 395 g/mol. The second kappa shape index (κ2) is 8.71. The van der Waals surface area contributed by atoms with Crippen LogP contribution in [0.2, 0.25) is 0 Å². The van der Waals surface area contributed by atoms with E-state index in [2.05, 4.69) is 20.8 Å². The van der Waals surface area contributed by atoms with Gasteiger partial charge in [0.25, 0.3) is 0 Å². The predicted octanol–water partition coefficient (Wildman–Crippen LogP) is 3.08. The number of hydrogen-bond donors (Lipinski definition) is 2. The van der Waals surface area contributed by atoms with Gasteiger partial charge < -0.3 is 9.88 Å². The lowest BCUT2D eigenvalue weighted by atomic mass is 10.1. The summed E-state index contributed by atoms with van der Waals surface area (Å²) >= 11 is 1.25. The molecule has 3 aromatic rings. The molecule has 0 spiro atoms. The fourth-order valence-electron chi connectivity index (χ4n) is 2.70. The third-order valence-electron chi connectivity index (χ3n) is 4.14. The van der Waals surface area contributed by atoms with Gasteiger partial charge in [0.2, 0.25) is 5.91 Å². The van der Waals surface area contributed by atoms with E-state index in [-0.39, 0.29) is 0 Å². The number of urea groups is 1. The molecule has 3 rings (SSSR count). The summed E-state index contributed by atoms with van der Waals surface area (Å²) in [5, 5.41) is 13.2. The molecule has 0 saturated carbocycles. The second-order valence-electron chi connectivity index (χ2n) is 6.21. The van der Waals surface area contributed by atoms with Crippen molar-refractivity contribution >= 4 is 23.7 Å². The van der Waals surface area contributed by atoms with E-state index in [0.29, 0.717) is 11.0 Å². The molecular weight excluding hydrogens is 374 g/mol. The van der Waals surface area contributed by atoms with Crippen LogP contribution in [0.25, 0.3) is 11.4 Å². The first kappa shape index (κ1) is 19.6. The number of aromatic nitrogens is 3. The average Bonchev–Trinajstić information content (AvgIpc) is 3.06. The summed E-state index contributed by atoms with van der Waals surface area (Å²) in [7, 11) is 3.32. The summed E-state index contributed by atoms with van der Waals surface area (Å²) in [6.45, 7) is 2.02. The Hall–Kier alpha value is -3.13. The summed E-state index contributed by atoms with van der Waals surface area (Å²) in [6.07, 6.45) is 0. The van der Waals surface area contributed by atoms with Gasteiger partial charge in [0.1, 0.15) is 5.25 Å². The van der Waals surface area contributed by atoms with Crippen LogP contribution in [-0.4, -0.2) is 33.8 Å². The lowest BCUT2D eigenvalue weighted by Crippen LogP contribution is -2.39. The smallest absolute Gasteiger partial charge is 0.321 e. The van der Waals surface area contributed by atoms with Gasteiger partial charge in [0, 0.05) is 19.7 Å². The summed E-state index contributed by atoms with van der Waals surface area (Å²) in [4.78, 5) is 24.3. The Bertz CT molecular complexity index is 987. The van der Waals surface area contributed by atoms with Crippen molar-refractivity contribution in [2.45, 2.75) is 17.3 Å². The Labute approximate surface area is 167 Å². The first-order valence-electron chi connectivity index (χ1n) is 8.70. The molecule has 1 atom stereocenters. The molecule has 2 N–H and O–H groups in total. The van der Waals surface area contributed by atoms with Crippen molar-refractivity contribution < 1.29 is 9.59 Å². The molecule has 1 aromatic heterocycles. The van der Waals surface area contributed by atoms with Gasteiger partial charge >= 0.3 is 6.03 Å². The molecule has 0 radical (unpaired) electrons. The highest BCUT2D eigenvalue weighted by Gasteiger charge is 2.26. The van der Waals surface area contributed by atoms with Crippen LogP contribution in [0.1, 0.15) is 16.4 Å². The fourth-order valence-corrected chi connectivity index (χ4v) is 3.70. The molecule has 0 bridgehead atoms. The molecular formula is C20H21N5O2S. The number of nitrogens with zero attached hydrogens (tertiary/aromatic N) is 3. The molecule has 0 unspecified atom stereocenters. The highest BCUT2D eigenvalue weighted by Crippen LogP contribution is 2.35. The van der Waals surface area contributed by atoms with Gasteiger partial charge in [-0.2, -0.15) is 0 Å². The Balaban J connectivity index is 1.91. The number of carbonyl (C=O) groups excluding carboxylic acids is 2. The van der Waals surface area contributed by atoms with Crippen LogP contribution in [-0.2, 0) is 11.8 Å². The van der Waals surface area contributed by atoms with Crippen LogP contribution in [0.3, 0.4) is 0 Å². The second-order valence-corrected chi connectivity index (χ2v) is 7.28. The van der Waals surface area contributed by atoms with E-state index < -0.39 is 17.2 Å². The first-order valence-corrected chi connectivity index (χ1v) is 9.58. The lowest BCUT2D eigenvalue weighted by molar-refractivity contribution is -0.119. The molecule has 0 aliphatic carbocycles. The Morgan fingerprint density at radius 1 is 1.07 bits per heavy atom. The quantitative estimate of drug-likeness (QED) is 0.648. The molecule has 0 fully saturated rings. The summed E-state index contributed by atoms with van der Waals surface area (Å²) in [5.41, 5.74) is 2.85. The van der Waals surface area contributed by atoms with Gasteiger partial charge in [-0.25, -0.2) is 4.79 Å². The molecule has 3 amide bonds. The largest absolute Gasteiger partial charge is 0.341 e. The van der Waals surface area contributed by atoms with Crippen LogP contribution >= 0.6 is 11.8 Å². The summed E-state index contributed by atoms with van der Waals surface area (Å²) in [5.74, 6) is 0.292. The minimum Gasteiger partial charge on any atom is -0.341 e. The number of nitrogens with one attached hydrogen (secondary N) is 2. The number of amides is 3. The van der Waals surface area contributed by atoms with E-state index in [1.54, 1.807) is 0 Å². The van der Waals surface area contributed by atoms with Crippen molar-refractivity contribution in [2.24, 2.45) is 7.05 Å². The van der Waals surface area contributed by atoms with Crippen LogP contribution in [0.5, 0.6) is 0 Å². The zero-order valence-corrected chi connectivity index (χ0v) is 16.7. The molecule has 0 saturated heterocycles. The van der Waals surface area contributed by atoms with Gasteiger partial charge in [-0.05, 0) is 18.6 Å².